The molecular formula is C25H33NO2. The fourth-order valence-corrected chi connectivity index (χ4v) is 4.64. The largest absolute Gasteiger partial charge is 0.384 e. The molecule has 0 aliphatic carbocycles. The van der Waals surface area contributed by atoms with Crippen LogP contribution in [-0.4, -0.2) is 37.5 Å². The van der Waals surface area contributed by atoms with Crippen molar-refractivity contribution in [1.82, 2.24) is 4.90 Å². The second kappa shape index (κ2) is 10.5. The van der Waals surface area contributed by atoms with Gasteiger partial charge in [-0.3, -0.25) is 9.69 Å². The zero-order valence-corrected chi connectivity index (χ0v) is 17.2. The van der Waals surface area contributed by atoms with Crippen LogP contribution < -0.4 is 0 Å². The number of nitrogens with zero attached hydrogens (tertiary/aromatic N) is 1. The fraction of sp³-hybridized carbons (Fsp3) is 0.480. The molecule has 1 saturated heterocycles. The molecule has 1 heterocycles. The summed E-state index contributed by atoms with van der Waals surface area (Å²) >= 11 is 0. The molecule has 2 aromatic carbocycles. The summed E-state index contributed by atoms with van der Waals surface area (Å²) in [5, 5.41) is 0. The van der Waals surface area contributed by atoms with Gasteiger partial charge in [0.1, 0.15) is 5.78 Å². The van der Waals surface area contributed by atoms with Crippen molar-refractivity contribution in [3.63, 3.8) is 0 Å². The first kappa shape index (κ1) is 20.8. The van der Waals surface area contributed by atoms with E-state index in [0.717, 1.165) is 32.7 Å². The van der Waals surface area contributed by atoms with Crippen molar-refractivity contribution in [2.45, 2.75) is 38.6 Å². The Morgan fingerprint density at radius 1 is 1.11 bits per heavy atom. The second-order valence-electron chi connectivity index (χ2n) is 8.00. The average molecular weight is 380 g/mol. The van der Waals surface area contributed by atoms with Gasteiger partial charge in [0.2, 0.25) is 0 Å². The van der Waals surface area contributed by atoms with E-state index in [1.54, 1.807) is 7.11 Å². The lowest BCUT2D eigenvalue weighted by molar-refractivity contribution is -0.119. The quantitative estimate of drug-likeness (QED) is 0.619. The highest BCUT2D eigenvalue weighted by Gasteiger charge is 2.36. The molecule has 3 nitrogen and oxygen atoms in total. The number of likely N-dealkylation sites (tertiary alicyclic amines) is 1. The van der Waals surface area contributed by atoms with E-state index < -0.39 is 0 Å². The van der Waals surface area contributed by atoms with Crippen LogP contribution in [0.4, 0.5) is 0 Å². The minimum Gasteiger partial charge on any atom is -0.384 e. The van der Waals surface area contributed by atoms with Crippen LogP contribution in [0.5, 0.6) is 0 Å². The van der Waals surface area contributed by atoms with Gasteiger partial charge in [0, 0.05) is 33.0 Å². The van der Waals surface area contributed by atoms with Crippen molar-refractivity contribution in [1.29, 1.82) is 0 Å². The van der Waals surface area contributed by atoms with Crippen LogP contribution in [0.25, 0.3) is 0 Å². The van der Waals surface area contributed by atoms with Crippen LogP contribution in [0.15, 0.2) is 60.7 Å². The summed E-state index contributed by atoms with van der Waals surface area (Å²) in [6, 6.07) is 21.3. The molecule has 3 unspecified atom stereocenters. The molecule has 0 spiro atoms. The van der Waals surface area contributed by atoms with Gasteiger partial charge in [-0.05, 0) is 41.8 Å². The topological polar surface area (TPSA) is 29.5 Å². The van der Waals surface area contributed by atoms with Gasteiger partial charge in [0.15, 0.2) is 0 Å². The first-order chi connectivity index (χ1) is 13.7. The van der Waals surface area contributed by atoms with Gasteiger partial charge in [-0.1, -0.05) is 67.6 Å². The number of rotatable bonds is 9. The Kier molecular flexibility index (Phi) is 7.81. The highest BCUT2D eigenvalue weighted by atomic mass is 16.5. The summed E-state index contributed by atoms with van der Waals surface area (Å²) in [7, 11) is 1.79. The maximum absolute atomic E-state index is 12.4. The van der Waals surface area contributed by atoms with Gasteiger partial charge in [0.05, 0.1) is 6.61 Å². The van der Waals surface area contributed by atoms with Gasteiger partial charge >= 0.3 is 0 Å². The van der Waals surface area contributed by atoms with Gasteiger partial charge < -0.3 is 4.74 Å². The monoisotopic (exact) mass is 379 g/mol. The third-order valence-electron chi connectivity index (χ3n) is 6.09. The zero-order valence-electron chi connectivity index (χ0n) is 17.2. The molecule has 0 aromatic heterocycles. The lowest BCUT2D eigenvalue weighted by Gasteiger charge is -2.42. The smallest absolute Gasteiger partial charge is 0.133 e. The predicted octanol–water partition coefficient (Wildman–Crippen LogP) is 4.92. The van der Waals surface area contributed by atoms with Crippen LogP contribution in [0.3, 0.4) is 0 Å². The van der Waals surface area contributed by atoms with E-state index in [1.165, 1.54) is 11.1 Å². The zero-order chi connectivity index (χ0) is 19.8. The standard InChI is InChI=1S/C25H33NO2/c1-3-23(27)16-25(21-12-8-5-9-13-21)24-14-15-26(18-22(24)19-28-2)17-20-10-6-4-7-11-20/h4-13,22,24-25H,3,14-19H2,1-2H3. The summed E-state index contributed by atoms with van der Waals surface area (Å²) in [6.45, 7) is 5.80. The van der Waals surface area contributed by atoms with Crippen molar-refractivity contribution < 1.29 is 9.53 Å². The van der Waals surface area contributed by atoms with Gasteiger partial charge in [-0.25, -0.2) is 0 Å². The minimum atomic E-state index is 0.285. The van der Waals surface area contributed by atoms with Crippen molar-refractivity contribution in [2.75, 3.05) is 26.8 Å². The van der Waals surface area contributed by atoms with E-state index in [4.69, 9.17) is 4.74 Å². The van der Waals surface area contributed by atoms with E-state index in [1.807, 2.05) is 6.92 Å². The molecule has 0 radical (unpaired) electrons. The Morgan fingerprint density at radius 3 is 2.43 bits per heavy atom. The molecule has 0 bridgehead atoms. The number of ether oxygens (including phenoxy) is 1. The Labute approximate surface area is 169 Å². The summed E-state index contributed by atoms with van der Waals surface area (Å²) in [5.41, 5.74) is 2.66. The third kappa shape index (κ3) is 5.52. The number of carbonyl (C=O) groups excluding carboxylic acids is 1. The highest BCUT2D eigenvalue weighted by molar-refractivity contribution is 5.79. The van der Waals surface area contributed by atoms with E-state index >= 15 is 0 Å². The Balaban J connectivity index is 1.76. The third-order valence-corrected chi connectivity index (χ3v) is 6.09. The molecule has 1 fully saturated rings. The first-order valence-electron chi connectivity index (χ1n) is 10.5. The summed E-state index contributed by atoms with van der Waals surface area (Å²) < 4.78 is 5.62. The molecule has 3 rings (SSSR count). The molecule has 1 aliphatic rings. The van der Waals surface area contributed by atoms with Crippen LogP contribution in [-0.2, 0) is 16.1 Å². The lowest BCUT2D eigenvalue weighted by atomic mass is 9.72. The van der Waals surface area contributed by atoms with Gasteiger partial charge in [-0.15, -0.1) is 0 Å². The Hall–Kier alpha value is -1.97. The van der Waals surface area contributed by atoms with E-state index in [-0.39, 0.29) is 5.92 Å². The van der Waals surface area contributed by atoms with Crippen LogP contribution in [0.1, 0.15) is 43.2 Å². The lowest BCUT2D eigenvalue weighted by Crippen LogP contribution is -2.44. The Morgan fingerprint density at radius 2 is 1.79 bits per heavy atom. The SMILES string of the molecule is CCC(=O)CC(c1ccccc1)C1CCN(Cc2ccccc2)CC1COC. The van der Waals surface area contributed by atoms with Crippen molar-refractivity contribution in [3.8, 4) is 0 Å². The molecule has 3 heteroatoms. The molecule has 150 valence electrons. The molecule has 0 N–H and O–H groups in total. The summed E-state index contributed by atoms with van der Waals surface area (Å²) in [6.07, 6.45) is 2.37. The first-order valence-corrected chi connectivity index (χ1v) is 10.5. The number of hydrogen-bond donors (Lipinski definition) is 0. The molecule has 3 atom stereocenters. The number of hydrogen-bond acceptors (Lipinski definition) is 3. The number of ketones is 1. The predicted molar refractivity (Wildman–Crippen MR) is 114 cm³/mol. The summed E-state index contributed by atoms with van der Waals surface area (Å²) in [4.78, 5) is 14.9. The molecule has 2 aromatic rings. The number of carbonyl (C=O) groups is 1. The summed E-state index contributed by atoms with van der Waals surface area (Å²) in [5.74, 6) is 1.56. The Bertz CT molecular complexity index is 716. The fourth-order valence-electron chi connectivity index (χ4n) is 4.64. The van der Waals surface area contributed by atoms with Crippen molar-refractivity contribution >= 4 is 5.78 Å². The minimum absolute atomic E-state index is 0.285. The molecular weight excluding hydrogens is 346 g/mol. The maximum atomic E-state index is 12.4. The number of piperidine rings is 1. The van der Waals surface area contributed by atoms with E-state index in [9.17, 15) is 4.79 Å². The number of methoxy groups -OCH3 is 1. The van der Waals surface area contributed by atoms with E-state index in [2.05, 4.69) is 65.6 Å². The van der Waals surface area contributed by atoms with Crippen LogP contribution >= 0.6 is 0 Å². The van der Waals surface area contributed by atoms with Crippen LogP contribution in [0, 0.1) is 11.8 Å². The molecule has 1 aliphatic heterocycles. The number of benzene rings is 2. The average Bonchev–Trinajstić information content (AvgIpc) is 2.74. The second-order valence-corrected chi connectivity index (χ2v) is 8.00. The van der Waals surface area contributed by atoms with Crippen LogP contribution in [0.2, 0.25) is 0 Å². The number of Topliss-reactive ketones (excluding diaryl/α,β-unsaturated/α-hetero) is 1. The molecule has 28 heavy (non-hydrogen) atoms. The van der Waals surface area contributed by atoms with Gasteiger partial charge in [0.25, 0.3) is 0 Å². The van der Waals surface area contributed by atoms with Crippen molar-refractivity contribution in [3.05, 3.63) is 71.8 Å². The highest BCUT2D eigenvalue weighted by Crippen LogP contribution is 2.39. The normalized spacial score (nSPS) is 21.4. The molecule has 0 amide bonds. The molecule has 0 saturated carbocycles. The maximum Gasteiger partial charge on any atom is 0.133 e. The van der Waals surface area contributed by atoms with Gasteiger partial charge in [-0.2, -0.15) is 0 Å². The van der Waals surface area contributed by atoms with E-state index in [0.29, 0.717) is 30.5 Å². The van der Waals surface area contributed by atoms with Crippen molar-refractivity contribution in [2.24, 2.45) is 11.8 Å².